The normalized spacial score (nSPS) is 23.5. The summed E-state index contributed by atoms with van der Waals surface area (Å²) in [4.78, 5) is 24.7. The van der Waals surface area contributed by atoms with Crippen molar-refractivity contribution in [3.63, 3.8) is 0 Å². The van der Waals surface area contributed by atoms with E-state index in [-0.39, 0.29) is 11.7 Å². The minimum atomic E-state index is -1.43. The van der Waals surface area contributed by atoms with Gasteiger partial charge in [-0.2, -0.15) is 0 Å². The van der Waals surface area contributed by atoms with Crippen molar-refractivity contribution in [2.24, 2.45) is 5.92 Å². The van der Waals surface area contributed by atoms with E-state index >= 15 is 0 Å². The van der Waals surface area contributed by atoms with Gasteiger partial charge in [-0.05, 0) is 27.2 Å². The van der Waals surface area contributed by atoms with Gasteiger partial charge >= 0.3 is 5.97 Å². The largest absolute Gasteiger partial charge is 0.496 e. The molecule has 21 heavy (non-hydrogen) atoms. The van der Waals surface area contributed by atoms with Crippen molar-refractivity contribution in [2.45, 2.75) is 46.6 Å². The van der Waals surface area contributed by atoms with E-state index in [1.54, 1.807) is 33.8 Å². The summed E-state index contributed by atoms with van der Waals surface area (Å²) in [5.41, 5.74) is -1.01. The first kappa shape index (κ1) is 17.3. The molecule has 0 fully saturated rings. The molecule has 0 aliphatic heterocycles. The molecule has 0 amide bonds. The Kier molecular flexibility index (Phi) is 5.58. The molecular formula is C16H24O5. The molecule has 5 heteroatoms. The zero-order valence-corrected chi connectivity index (χ0v) is 13.6. The lowest BCUT2D eigenvalue weighted by atomic mass is 9.87. The molecule has 5 nitrogen and oxygen atoms in total. The summed E-state index contributed by atoms with van der Waals surface area (Å²) in [6.07, 6.45) is 2.26. The number of hydrogen-bond donors (Lipinski definition) is 0. The van der Waals surface area contributed by atoms with Gasteiger partial charge in [0.25, 0.3) is 0 Å². The highest BCUT2D eigenvalue weighted by Crippen LogP contribution is 2.34. The van der Waals surface area contributed by atoms with Crippen LogP contribution in [0.4, 0.5) is 0 Å². The van der Waals surface area contributed by atoms with Gasteiger partial charge < -0.3 is 14.2 Å². The maximum Gasteiger partial charge on any atom is 0.310 e. The van der Waals surface area contributed by atoms with Crippen LogP contribution in [0.25, 0.3) is 0 Å². The monoisotopic (exact) mass is 296 g/mol. The van der Waals surface area contributed by atoms with Crippen molar-refractivity contribution in [3.05, 3.63) is 23.2 Å². The molecule has 1 aliphatic carbocycles. The summed E-state index contributed by atoms with van der Waals surface area (Å²) in [6, 6.07) is 0. The lowest BCUT2D eigenvalue weighted by Gasteiger charge is -2.34. The lowest BCUT2D eigenvalue weighted by molar-refractivity contribution is -0.168. The third-order valence-corrected chi connectivity index (χ3v) is 3.72. The molecule has 0 bridgehead atoms. The van der Waals surface area contributed by atoms with Crippen molar-refractivity contribution in [1.29, 1.82) is 0 Å². The van der Waals surface area contributed by atoms with Gasteiger partial charge in [-0.3, -0.25) is 9.59 Å². The average molecular weight is 296 g/mol. The molecule has 2 atom stereocenters. The predicted molar refractivity (Wildman–Crippen MR) is 78.4 cm³/mol. The molecule has 0 aromatic carbocycles. The second-order valence-electron chi connectivity index (χ2n) is 5.23. The van der Waals surface area contributed by atoms with Crippen LogP contribution in [-0.4, -0.2) is 31.1 Å². The Morgan fingerprint density at radius 2 is 2.00 bits per heavy atom. The number of ketones is 1. The van der Waals surface area contributed by atoms with Crippen molar-refractivity contribution < 1.29 is 23.8 Å². The van der Waals surface area contributed by atoms with Gasteiger partial charge in [-0.1, -0.05) is 13.8 Å². The van der Waals surface area contributed by atoms with E-state index in [0.29, 0.717) is 30.1 Å². The SMILES string of the molecule is CCOC1=CC(OC)=C(C)C(=O)[C@]1(C)OC(=O)[C@H](C)CC. The summed E-state index contributed by atoms with van der Waals surface area (Å²) in [6.45, 7) is 9.05. The molecule has 1 aliphatic rings. The Morgan fingerprint density at radius 3 is 2.48 bits per heavy atom. The highest BCUT2D eigenvalue weighted by atomic mass is 16.6. The van der Waals surface area contributed by atoms with Crippen LogP contribution in [0, 0.1) is 5.92 Å². The van der Waals surface area contributed by atoms with Crippen LogP contribution in [0.3, 0.4) is 0 Å². The van der Waals surface area contributed by atoms with Crippen molar-refractivity contribution in [2.75, 3.05) is 13.7 Å². The third kappa shape index (κ3) is 3.28. The van der Waals surface area contributed by atoms with Gasteiger partial charge in [-0.15, -0.1) is 0 Å². The van der Waals surface area contributed by atoms with E-state index in [9.17, 15) is 9.59 Å². The number of allylic oxidation sites excluding steroid dienone is 1. The second-order valence-corrected chi connectivity index (χ2v) is 5.23. The maximum absolute atomic E-state index is 12.6. The molecule has 0 saturated heterocycles. The summed E-state index contributed by atoms with van der Waals surface area (Å²) < 4.78 is 16.2. The van der Waals surface area contributed by atoms with E-state index < -0.39 is 11.6 Å². The van der Waals surface area contributed by atoms with Crippen molar-refractivity contribution in [1.82, 2.24) is 0 Å². The zero-order chi connectivity index (χ0) is 16.2. The van der Waals surface area contributed by atoms with Gasteiger partial charge in [-0.25, -0.2) is 0 Å². The summed E-state index contributed by atoms with van der Waals surface area (Å²) >= 11 is 0. The van der Waals surface area contributed by atoms with Gasteiger partial charge in [0, 0.05) is 11.6 Å². The average Bonchev–Trinajstić information content (AvgIpc) is 2.47. The lowest BCUT2D eigenvalue weighted by Crippen LogP contribution is -2.46. The minimum Gasteiger partial charge on any atom is -0.496 e. The Labute approximate surface area is 125 Å². The molecule has 0 aromatic heterocycles. The van der Waals surface area contributed by atoms with Gasteiger partial charge in [0.1, 0.15) is 5.76 Å². The fourth-order valence-electron chi connectivity index (χ4n) is 2.06. The summed E-state index contributed by atoms with van der Waals surface area (Å²) in [7, 11) is 1.49. The second kappa shape index (κ2) is 6.78. The Morgan fingerprint density at radius 1 is 1.38 bits per heavy atom. The number of carbonyl (C=O) groups is 2. The van der Waals surface area contributed by atoms with Crippen LogP contribution < -0.4 is 0 Å². The first-order valence-corrected chi connectivity index (χ1v) is 7.19. The minimum absolute atomic E-state index is 0.273. The molecule has 0 saturated carbocycles. The molecular weight excluding hydrogens is 272 g/mol. The fourth-order valence-corrected chi connectivity index (χ4v) is 2.06. The van der Waals surface area contributed by atoms with Gasteiger partial charge in [0.2, 0.25) is 11.4 Å². The molecule has 0 N–H and O–H groups in total. The first-order valence-electron chi connectivity index (χ1n) is 7.19. The number of ether oxygens (including phenoxy) is 3. The molecule has 0 radical (unpaired) electrons. The standard InChI is InChI=1S/C16H24O5/c1-7-10(3)15(18)21-16(5)13(20-8-2)9-12(19-6)11(4)14(16)17/h9-10H,7-8H2,1-6H3/t10-,16-/m1/s1. The van der Waals surface area contributed by atoms with Gasteiger partial charge in [0.05, 0.1) is 19.6 Å². The highest BCUT2D eigenvalue weighted by Gasteiger charge is 2.47. The molecule has 0 unspecified atom stereocenters. The highest BCUT2D eigenvalue weighted by molar-refractivity contribution is 6.06. The molecule has 0 aromatic rings. The predicted octanol–water partition coefficient (Wildman–Crippen LogP) is 2.76. The smallest absolute Gasteiger partial charge is 0.310 e. The van der Waals surface area contributed by atoms with Crippen LogP contribution in [0.1, 0.15) is 41.0 Å². The number of hydrogen-bond acceptors (Lipinski definition) is 5. The molecule has 118 valence electrons. The molecule has 0 spiro atoms. The van der Waals surface area contributed by atoms with Crippen molar-refractivity contribution in [3.8, 4) is 0 Å². The van der Waals surface area contributed by atoms with E-state index in [1.165, 1.54) is 7.11 Å². The quantitative estimate of drug-likeness (QED) is 0.705. The van der Waals surface area contributed by atoms with E-state index in [4.69, 9.17) is 14.2 Å². The van der Waals surface area contributed by atoms with Crippen LogP contribution in [0.2, 0.25) is 0 Å². The van der Waals surface area contributed by atoms with Gasteiger partial charge in [0.15, 0.2) is 5.76 Å². The summed E-state index contributed by atoms with van der Waals surface area (Å²) in [5.74, 6) is -0.269. The third-order valence-electron chi connectivity index (χ3n) is 3.72. The van der Waals surface area contributed by atoms with E-state index in [2.05, 4.69) is 0 Å². The van der Waals surface area contributed by atoms with E-state index in [1.807, 2.05) is 6.92 Å². The fraction of sp³-hybridized carbons (Fsp3) is 0.625. The number of methoxy groups -OCH3 is 1. The molecule has 1 rings (SSSR count). The van der Waals surface area contributed by atoms with Crippen LogP contribution in [0.5, 0.6) is 0 Å². The molecule has 0 heterocycles. The van der Waals surface area contributed by atoms with E-state index in [0.717, 1.165) is 0 Å². The van der Waals surface area contributed by atoms with Crippen LogP contribution in [0.15, 0.2) is 23.2 Å². The number of rotatable bonds is 6. The Hall–Kier alpha value is -1.78. The Bertz CT molecular complexity index is 489. The first-order chi connectivity index (χ1) is 9.81. The van der Waals surface area contributed by atoms with Crippen LogP contribution in [-0.2, 0) is 23.8 Å². The Balaban J connectivity index is 3.19. The number of esters is 1. The topological polar surface area (TPSA) is 61.8 Å². The van der Waals surface area contributed by atoms with Crippen LogP contribution >= 0.6 is 0 Å². The number of carbonyl (C=O) groups excluding carboxylic acids is 2. The number of Topliss-reactive ketones (excluding diaryl/α,β-unsaturated/α-hetero) is 1. The maximum atomic E-state index is 12.6. The summed E-state index contributed by atoms with van der Waals surface area (Å²) in [5, 5.41) is 0. The van der Waals surface area contributed by atoms with Crippen molar-refractivity contribution >= 4 is 11.8 Å². The zero-order valence-electron chi connectivity index (χ0n) is 13.6.